The van der Waals surface area contributed by atoms with Crippen LogP contribution in [0.2, 0.25) is 0 Å². The van der Waals surface area contributed by atoms with E-state index in [0.717, 1.165) is 41.1 Å². The van der Waals surface area contributed by atoms with Crippen LogP contribution in [0, 0.1) is 0 Å². The molecule has 3 aliphatic rings. The highest BCUT2D eigenvalue weighted by atomic mass is 16.5. The molecule has 3 nitrogen and oxygen atoms in total. The van der Waals surface area contributed by atoms with Gasteiger partial charge in [0.25, 0.3) is 0 Å². The highest BCUT2D eigenvalue weighted by Crippen LogP contribution is 2.52. The predicted octanol–water partition coefficient (Wildman–Crippen LogP) is 7.20. The van der Waals surface area contributed by atoms with E-state index in [2.05, 4.69) is 103 Å². The second kappa shape index (κ2) is 7.01. The molecule has 0 saturated carbocycles. The third kappa shape index (κ3) is 2.64. The quantitative estimate of drug-likeness (QED) is 0.334. The molecular weight excluding hydrogens is 416 g/mol. The maximum Gasteiger partial charge on any atom is 0.135 e. The Morgan fingerprint density at radius 3 is 2.85 bits per heavy atom. The van der Waals surface area contributed by atoms with Gasteiger partial charge in [-0.1, -0.05) is 72.8 Å². The predicted molar refractivity (Wildman–Crippen MR) is 141 cm³/mol. The molecule has 0 amide bonds. The molecule has 3 heteroatoms. The van der Waals surface area contributed by atoms with Crippen molar-refractivity contribution in [2.45, 2.75) is 31.3 Å². The molecule has 1 aliphatic heterocycles. The lowest BCUT2D eigenvalue weighted by molar-refractivity contribution is 0.156. The number of hydrogen-bond donors (Lipinski definition) is 1. The number of fused-ring (bicyclic) bond motifs is 6. The topological polar surface area (TPSA) is 40.2 Å². The number of ether oxygens (including phenoxy) is 1. The summed E-state index contributed by atoms with van der Waals surface area (Å²) in [5.74, 6) is 1.19. The zero-order chi connectivity index (χ0) is 22.9. The summed E-state index contributed by atoms with van der Waals surface area (Å²) in [7, 11) is 0. The Morgan fingerprint density at radius 1 is 1.00 bits per heavy atom. The van der Waals surface area contributed by atoms with Crippen molar-refractivity contribution in [3.8, 4) is 22.6 Å². The minimum absolute atomic E-state index is 0.218. The molecule has 2 unspecified atom stereocenters. The molecule has 34 heavy (non-hydrogen) atoms. The zero-order valence-electron chi connectivity index (χ0n) is 19.2. The average Bonchev–Trinajstić information content (AvgIpc) is 3.36. The van der Waals surface area contributed by atoms with Gasteiger partial charge in [-0.15, -0.1) is 0 Å². The van der Waals surface area contributed by atoms with Crippen LogP contribution in [0.15, 0.2) is 91.0 Å². The first kappa shape index (κ1) is 19.5. The lowest BCUT2D eigenvalue weighted by Crippen LogP contribution is -2.32. The van der Waals surface area contributed by atoms with E-state index in [4.69, 9.17) is 10.5 Å². The van der Waals surface area contributed by atoms with Crippen LogP contribution in [0.1, 0.15) is 36.1 Å². The number of allylic oxidation sites excluding steroid dienone is 3. The molecule has 0 saturated heterocycles. The molecule has 7 rings (SSSR count). The van der Waals surface area contributed by atoms with Crippen molar-refractivity contribution in [3.63, 3.8) is 0 Å². The number of para-hydroxylation sites is 2. The molecule has 2 heterocycles. The summed E-state index contributed by atoms with van der Waals surface area (Å²) < 4.78 is 9.12. The van der Waals surface area contributed by atoms with Crippen LogP contribution >= 0.6 is 0 Å². The van der Waals surface area contributed by atoms with Crippen LogP contribution in [0.3, 0.4) is 0 Å². The Bertz CT molecular complexity index is 1570. The Kier molecular flexibility index (Phi) is 4.02. The third-order valence-electron chi connectivity index (χ3n) is 7.56. The van der Waals surface area contributed by atoms with Crippen LogP contribution in [0.5, 0.6) is 5.75 Å². The number of nitrogens with zero attached hydrogens (tertiary/aromatic N) is 1. The number of rotatable bonds is 2. The van der Waals surface area contributed by atoms with E-state index in [1.165, 1.54) is 27.7 Å². The van der Waals surface area contributed by atoms with E-state index in [-0.39, 0.29) is 11.5 Å². The van der Waals surface area contributed by atoms with Crippen LogP contribution in [-0.2, 0) is 6.42 Å². The van der Waals surface area contributed by atoms with Gasteiger partial charge in [-0.25, -0.2) is 0 Å². The maximum absolute atomic E-state index is 6.70. The van der Waals surface area contributed by atoms with E-state index < -0.39 is 0 Å². The molecule has 3 aromatic carbocycles. The summed E-state index contributed by atoms with van der Waals surface area (Å²) >= 11 is 0. The van der Waals surface area contributed by atoms with Gasteiger partial charge in [0, 0.05) is 44.9 Å². The van der Waals surface area contributed by atoms with Gasteiger partial charge < -0.3 is 15.0 Å². The fraction of sp³-hybridized carbons (Fsp3) is 0.161. The fourth-order valence-electron chi connectivity index (χ4n) is 5.98. The molecule has 0 fully saturated rings. The standard InChI is InChI=1S/C31H26N2O/c1-31-18-7-6-13-26(31)25-12-8-11-24(30(25)34-31)23-17-16-20(32)19-29(23)33-27-14-4-2-9-21(27)22-10-3-5-15-28(22)33/h2-4,6-14,16-19,26H,5,15,32H2,1H3. The molecule has 0 radical (unpaired) electrons. The zero-order valence-corrected chi connectivity index (χ0v) is 19.2. The van der Waals surface area contributed by atoms with E-state index in [0.29, 0.717) is 0 Å². The van der Waals surface area contributed by atoms with Crippen LogP contribution < -0.4 is 10.5 Å². The first-order valence-corrected chi connectivity index (χ1v) is 12.0. The van der Waals surface area contributed by atoms with Gasteiger partial charge in [0.1, 0.15) is 11.4 Å². The van der Waals surface area contributed by atoms with Crippen molar-refractivity contribution in [2.75, 3.05) is 5.73 Å². The fourth-order valence-corrected chi connectivity index (χ4v) is 5.98. The highest BCUT2D eigenvalue weighted by Gasteiger charge is 2.43. The highest BCUT2D eigenvalue weighted by molar-refractivity contribution is 5.95. The summed E-state index contributed by atoms with van der Waals surface area (Å²) in [5, 5.41) is 1.28. The van der Waals surface area contributed by atoms with Crippen LogP contribution in [0.25, 0.3) is 33.8 Å². The van der Waals surface area contributed by atoms with E-state index in [1.54, 1.807) is 0 Å². The Hall–Kier alpha value is -3.98. The van der Waals surface area contributed by atoms with Gasteiger partial charge in [0.15, 0.2) is 0 Å². The number of anilines is 1. The molecule has 166 valence electrons. The van der Waals surface area contributed by atoms with Crippen molar-refractivity contribution in [3.05, 3.63) is 108 Å². The van der Waals surface area contributed by atoms with Gasteiger partial charge in [0.05, 0.1) is 11.2 Å². The largest absolute Gasteiger partial charge is 0.482 e. The summed E-state index contributed by atoms with van der Waals surface area (Å²) in [4.78, 5) is 0. The van der Waals surface area contributed by atoms with E-state index in [1.807, 2.05) is 6.07 Å². The second-order valence-electron chi connectivity index (χ2n) is 9.66. The number of hydrogen-bond acceptors (Lipinski definition) is 2. The molecule has 2 atom stereocenters. The third-order valence-corrected chi connectivity index (χ3v) is 7.56. The lowest BCUT2D eigenvalue weighted by atomic mass is 9.82. The van der Waals surface area contributed by atoms with E-state index in [9.17, 15) is 0 Å². The molecular formula is C31H26N2O. The lowest BCUT2D eigenvalue weighted by Gasteiger charge is -2.27. The van der Waals surface area contributed by atoms with Gasteiger partial charge in [-0.05, 0) is 44.0 Å². The smallest absolute Gasteiger partial charge is 0.135 e. The number of nitrogens with two attached hydrogens (primary N) is 1. The normalized spacial score (nSPS) is 21.9. The van der Waals surface area contributed by atoms with Gasteiger partial charge >= 0.3 is 0 Å². The average molecular weight is 443 g/mol. The Morgan fingerprint density at radius 2 is 1.91 bits per heavy atom. The van der Waals surface area contributed by atoms with E-state index >= 15 is 0 Å². The first-order chi connectivity index (χ1) is 16.6. The Labute approximate surface area is 199 Å². The Balaban J connectivity index is 1.51. The van der Waals surface area contributed by atoms with Crippen molar-refractivity contribution in [1.29, 1.82) is 0 Å². The first-order valence-electron chi connectivity index (χ1n) is 12.0. The van der Waals surface area contributed by atoms with Crippen molar-refractivity contribution in [2.24, 2.45) is 0 Å². The monoisotopic (exact) mass is 442 g/mol. The maximum atomic E-state index is 6.70. The minimum Gasteiger partial charge on any atom is -0.482 e. The molecule has 0 bridgehead atoms. The molecule has 1 aromatic heterocycles. The summed E-state index contributed by atoms with van der Waals surface area (Å²) in [6, 6.07) is 21.5. The molecule has 4 aromatic rings. The van der Waals surface area contributed by atoms with Crippen molar-refractivity contribution in [1.82, 2.24) is 4.57 Å². The van der Waals surface area contributed by atoms with Crippen LogP contribution in [-0.4, -0.2) is 10.2 Å². The molecule has 2 N–H and O–H groups in total. The summed E-state index contributed by atoms with van der Waals surface area (Å²) in [6.07, 6.45) is 15.2. The van der Waals surface area contributed by atoms with Gasteiger partial charge in [0.2, 0.25) is 0 Å². The number of aromatic nitrogens is 1. The van der Waals surface area contributed by atoms with Crippen molar-refractivity contribution < 1.29 is 4.74 Å². The summed E-state index contributed by atoms with van der Waals surface area (Å²) in [5.41, 5.74) is 15.3. The van der Waals surface area contributed by atoms with Gasteiger partial charge in [-0.2, -0.15) is 0 Å². The molecule has 2 aliphatic carbocycles. The molecule has 0 spiro atoms. The summed E-state index contributed by atoms with van der Waals surface area (Å²) in [6.45, 7) is 2.17. The van der Waals surface area contributed by atoms with Crippen LogP contribution in [0.4, 0.5) is 5.69 Å². The SMILES string of the molecule is CC12C=CC=CC1c1cccc(-c3ccc(N)cc3-n3c4c(c5ccccc53)C=CCC4)c1O2. The number of benzene rings is 3. The minimum atomic E-state index is -0.356. The second-order valence-corrected chi connectivity index (χ2v) is 9.66. The van der Waals surface area contributed by atoms with Crippen molar-refractivity contribution >= 4 is 22.7 Å². The number of nitrogen functional groups attached to an aromatic ring is 1. The van der Waals surface area contributed by atoms with Gasteiger partial charge in [-0.3, -0.25) is 0 Å².